The minimum absolute atomic E-state index is 0.321. The molecule has 1 aromatic heterocycles. The lowest BCUT2D eigenvalue weighted by Gasteiger charge is -2.25. The number of benzene rings is 1. The first-order valence-corrected chi connectivity index (χ1v) is 6.01. The van der Waals surface area contributed by atoms with Crippen LogP contribution in [-0.2, 0) is 6.54 Å². The highest BCUT2D eigenvalue weighted by Crippen LogP contribution is 2.22. The van der Waals surface area contributed by atoms with Crippen molar-refractivity contribution in [3.63, 3.8) is 0 Å². The van der Waals surface area contributed by atoms with Crippen LogP contribution < -0.4 is 0 Å². The zero-order chi connectivity index (χ0) is 13.3. The van der Waals surface area contributed by atoms with Crippen molar-refractivity contribution in [2.75, 3.05) is 0 Å². The Morgan fingerprint density at radius 3 is 2.44 bits per heavy atom. The fourth-order valence-corrected chi connectivity index (χ4v) is 1.97. The molecule has 1 heterocycles. The number of aliphatic hydroxyl groups is 1. The Kier molecular flexibility index (Phi) is 3.34. The van der Waals surface area contributed by atoms with Crippen LogP contribution in [0.5, 0.6) is 0 Å². The van der Waals surface area contributed by atoms with Crippen molar-refractivity contribution in [2.24, 2.45) is 0 Å². The van der Waals surface area contributed by atoms with Crippen LogP contribution in [0.3, 0.4) is 0 Å². The van der Waals surface area contributed by atoms with Crippen molar-refractivity contribution in [2.45, 2.75) is 38.8 Å². The maximum Gasteiger partial charge on any atom is 0.161 e. The largest absolute Gasteiger partial charge is 0.388 e. The maximum atomic E-state index is 13.2. The van der Waals surface area contributed by atoms with E-state index in [4.69, 9.17) is 0 Å². The van der Waals surface area contributed by atoms with Gasteiger partial charge in [0, 0.05) is 12.1 Å². The van der Waals surface area contributed by atoms with Crippen LogP contribution in [0.4, 0.5) is 8.78 Å². The van der Waals surface area contributed by atoms with Gasteiger partial charge in [0.2, 0.25) is 0 Å². The summed E-state index contributed by atoms with van der Waals surface area (Å²) in [5.74, 6) is -1.81. The van der Waals surface area contributed by atoms with E-state index in [0.29, 0.717) is 30.4 Å². The third kappa shape index (κ3) is 2.22. The van der Waals surface area contributed by atoms with Crippen molar-refractivity contribution < 1.29 is 13.9 Å². The lowest BCUT2D eigenvalue weighted by Crippen LogP contribution is -2.32. The summed E-state index contributed by atoms with van der Waals surface area (Å²) < 4.78 is 27.9. The summed E-state index contributed by atoms with van der Waals surface area (Å²) >= 11 is 0. The van der Waals surface area contributed by atoms with E-state index >= 15 is 0 Å². The molecule has 0 amide bonds. The van der Waals surface area contributed by atoms with Gasteiger partial charge in [0.15, 0.2) is 11.6 Å². The Bertz CT molecular complexity index is 561. The van der Waals surface area contributed by atoms with Gasteiger partial charge in [-0.2, -0.15) is 0 Å². The predicted molar refractivity (Wildman–Crippen MR) is 65.2 cm³/mol. The third-order valence-corrected chi connectivity index (χ3v) is 3.44. The summed E-state index contributed by atoms with van der Waals surface area (Å²) in [5.41, 5.74) is 0.0380. The molecule has 18 heavy (non-hydrogen) atoms. The summed E-state index contributed by atoms with van der Waals surface area (Å²) in [7, 11) is 0. The second-order valence-corrected chi connectivity index (χ2v) is 4.56. The van der Waals surface area contributed by atoms with Crippen LogP contribution in [-0.4, -0.2) is 20.3 Å². The van der Waals surface area contributed by atoms with E-state index in [1.807, 2.05) is 13.8 Å². The van der Waals surface area contributed by atoms with E-state index < -0.39 is 17.2 Å². The van der Waals surface area contributed by atoms with Crippen molar-refractivity contribution in [1.82, 2.24) is 9.55 Å². The fourth-order valence-electron chi connectivity index (χ4n) is 1.97. The van der Waals surface area contributed by atoms with Crippen LogP contribution in [0.2, 0.25) is 0 Å². The van der Waals surface area contributed by atoms with Crippen molar-refractivity contribution >= 4 is 11.0 Å². The van der Waals surface area contributed by atoms with Gasteiger partial charge >= 0.3 is 0 Å². The zero-order valence-electron chi connectivity index (χ0n) is 10.5. The Hall–Kier alpha value is -1.49. The Morgan fingerprint density at radius 1 is 1.22 bits per heavy atom. The van der Waals surface area contributed by atoms with Crippen LogP contribution in [0.25, 0.3) is 11.0 Å². The standard InChI is InChI=1S/C13H16F2N2O/c1-3-13(18,4-2)7-17-8-16-11-5-9(14)10(15)6-12(11)17/h5-6,8,18H,3-4,7H2,1-2H3. The molecule has 5 heteroatoms. The summed E-state index contributed by atoms with van der Waals surface area (Å²) in [6, 6.07) is 2.18. The Morgan fingerprint density at radius 2 is 1.83 bits per heavy atom. The van der Waals surface area contributed by atoms with E-state index in [9.17, 15) is 13.9 Å². The van der Waals surface area contributed by atoms with Gasteiger partial charge in [0.05, 0.1) is 29.5 Å². The molecule has 2 aromatic rings. The van der Waals surface area contributed by atoms with Gasteiger partial charge in [0.1, 0.15) is 0 Å². The van der Waals surface area contributed by atoms with Crippen molar-refractivity contribution in [1.29, 1.82) is 0 Å². The van der Waals surface area contributed by atoms with E-state index in [1.54, 1.807) is 4.57 Å². The smallest absolute Gasteiger partial charge is 0.161 e. The highest BCUT2D eigenvalue weighted by Gasteiger charge is 2.23. The van der Waals surface area contributed by atoms with Gasteiger partial charge in [-0.05, 0) is 12.8 Å². The molecule has 3 nitrogen and oxygen atoms in total. The number of nitrogens with zero attached hydrogens (tertiary/aromatic N) is 2. The molecule has 0 radical (unpaired) electrons. The minimum atomic E-state index is -0.908. The zero-order valence-corrected chi connectivity index (χ0v) is 10.5. The van der Waals surface area contributed by atoms with E-state index in [-0.39, 0.29) is 0 Å². The molecule has 0 aliphatic heterocycles. The Balaban J connectivity index is 2.43. The molecule has 1 aromatic carbocycles. The lowest BCUT2D eigenvalue weighted by atomic mass is 9.97. The van der Waals surface area contributed by atoms with E-state index in [0.717, 1.165) is 12.1 Å². The quantitative estimate of drug-likeness (QED) is 0.911. The molecule has 0 saturated heterocycles. The Labute approximate surface area is 104 Å². The average Bonchev–Trinajstić information content (AvgIpc) is 2.72. The van der Waals surface area contributed by atoms with Crippen LogP contribution in [0, 0.1) is 11.6 Å². The average molecular weight is 254 g/mol. The first-order valence-electron chi connectivity index (χ1n) is 6.01. The van der Waals surface area contributed by atoms with Crippen molar-refractivity contribution in [3.05, 3.63) is 30.1 Å². The molecule has 1 N–H and O–H groups in total. The molecular weight excluding hydrogens is 238 g/mol. The second-order valence-electron chi connectivity index (χ2n) is 4.56. The van der Waals surface area contributed by atoms with Gasteiger partial charge in [-0.1, -0.05) is 13.8 Å². The summed E-state index contributed by atoms with van der Waals surface area (Å²) in [6.07, 6.45) is 2.68. The monoisotopic (exact) mass is 254 g/mol. The summed E-state index contributed by atoms with van der Waals surface area (Å²) in [4.78, 5) is 4.02. The van der Waals surface area contributed by atoms with Gasteiger partial charge in [0.25, 0.3) is 0 Å². The molecule has 2 rings (SSSR count). The molecule has 0 spiro atoms. The van der Waals surface area contributed by atoms with Gasteiger partial charge in [-0.15, -0.1) is 0 Å². The van der Waals surface area contributed by atoms with Crippen LogP contribution >= 0.6 is 0 Å². The predicted octanol–water partition coefficient (Wildman–Crippen LogP) is 2.87. The number of fused-ring (bicyclic) bond motifs is 1. The molecule has 0 fully saturated rings. The fraction of sp³-hybridized carbons (Fsp3) is 0.462. The molecule has 0 atom stereocenters. The normalized spacial score (nSPS) is 12.3. The number of halogens is 2. The molecule has 0 unspecified atom stereocenters. The van der Waals surface area contributed by atoms with E-state index in [1.165, 1.54) is 6.33 Å². The molecule has 0 saturated carbocycles. The van der Waals surface area contributed by atoms with Gasteiger partial charge in [-0.25, -0.2) is 13.8 Å². The number of hydrogen-bond acceptors (Lipinski definition) is 2. The maximum absolute atomic E-state index is 13.2. The number of rotatable bonds is 4. The minimum Gasteiger partial charge on any atom is -0.388 e. The van der Waals surface area contributed by atoms with Gasteiger partial charge in [-0.3, -0.25) is 0 Å². The van der Waals surface area contributed by atoms with Gasteiger partial charge < -0.3 is 9.67 Å². The van der Waals surface area contributed by atoms with Crippen molar-refractivity contribution in [3.8, 4) is 0 Å². The number of aromatic nitrogens is 2. The highest BCUT2D eigenvalue weighted by atomic mass is 19.2. The lowest BCUT2D eigenvalue weighted by molar-refractivity contribution is 0.0161. The first kappa shape index (κ1) is 13.0. The molecule has 0 aliphatic carbocycles. The summed E-state index contributed by atoms with van der Waals surface area (Å²) in [6.45, 7) is 4.10. The van der Waals surface area contributed by atoms with Crippen LogP contribution in [0.1, 0.15) is 26.7 Å². The number of imidazole rings is 1. The summed E-state index contributed by atoms with van der Waals surface area (Å²) in [5, 5.41) is 10.3. The molecule has 0 bridgehead atoms. The first-order chi connectivity index (χ1) is 8.49. The number of hydrogen-bond donors (Lipinski definition) is 1. The topological polar surface area (TPSA) is 38.0 Å². The van der Waals surface area contributed by atoms with E-state index in [2.05, 4.69) is 4.98 Å². The molecular formula is C13H16F2N2O. The molecule has 0 aliphatic rings. The highest BCUT2D eigenvalue weighted by molar-refractivity contribution is 5.75. The van der Waals surface area contributed by atoms with Crippen LogP contribution in [0.15, 0.2) is 18.5 Å². The second kappa shape index (κ2) is 4.65. The SMILES string of the molecule is CCC(O)(CC)Cn1cnc2cc(F)c(F)cc21. The third-order valence-electron chi connectivity index (χ3n) is 3.44. The molecule has 98 valence electrons.